The second-order valence-corrected chi connectivity index (χ2v) is 18.1. The summed E-state index contributed by atoms with van der Waals surface area (Å²) in [6.07, 6.45) is 15.4. The Morgan fingerprint density at radius 2 is 1.45 bits per heavy atom. The number of aryl methyl sites for hydroxylation is 2. The lowest BCUT2D eigenvalue weighted by atomic mass is 9.62. The Kier molecular flexibility index (Phi) is 10.2. The molecule has 0 heterocycles. The summed E-state index contributed by atoms with van der Waals surface area (Å²) in [5, 5.41) is 0. The van der Waals surface area contributed by atoms with Gasteiger partial charge in [0, 0.05) is 5.92 Å². The zero-order valence-electron chi connectivity index (χ0n) is 32.2. The SMILES string of the molecule is C=C(C)Cc1c(C)cc2c(c1-c1ccc(C)cc1)CC(c1ccc3c(c1)C(C1CCC(C4CC(C(=C)C)C4)CC1)=CC3C)=C2.CC(C)(C)C. The molecule has 0 saturated heterocycles. The molecule has 49 heavy (non-hydrogen) atoms. The standard InChI is InChI=1S/C44H50.C5H12/c1-26(2)18-40-29(6)19-38-23-37(25-42(38)44(40)33-10-8-28(5)9-11-33)34-16-17-39-30(7)20-41(43(39)24-34)32-14-12-31(13-15-32)36-21-35(22-36)27(3)4;1-5(2,3)4/h8-11,16-17,19-20,23-24,30-32,35-36H,1,3,12-15,18,21-22,25H2,2,4-7H3;1-4H3. The third-order valence-corrected chi connectivity index (χ3v) is 11.7. The van der Waals surface area contributed by atoms with Gasteiger partial charge in [0.25, 0.3) is 0 Å². The molecule has 2 fully saturated rings. The number of fused-ring (bicyclic) bond motifs is 2. The molecule has 1 unspecified atom stereocenters. The molecule has 0 spiro atoms. The summed E-state index contributed by atoms with van der Waals surface area (Å²) in [6, 6.07) is 19.0. The minimum absolute atomic E-state index is 0.500. The highest BCUT2D eigenvalue weighted by Gasteiger charge is 2.38. The number of benzene rings is 3. The molecule has 7 rings (SSSR count). The van der Waals surface area contributed by atoms with Crippen molar-refractivity contribution < 1.29 is 0 Å². The number of hydrogen-bond acceptors (Lipinski definition) is 0. The van der Waals surface area contributed by atoms with Crippen LogP contribution in [-0.2, 0) is 12.8 Å². The molecular weight excluding hydrogens is 589 g/mol. The summed E-state index contributed by atoms with van der Waals surface area (Å²) in [4.78, 5) is 0. The van der Waals surface area contributed by atoms with Crippen molar-refractivity contribution in [1.29, 1.82) is 0 Å². The van der Waals surface area contributed by atoms with E-state index in [0.29, 0.717) is 11.3 Å². The molecule has 258 valence electrons. The Balaban J connectivity index is 0.000000778. The van der Waals surface area contributed by atoms with E-state index in [1.165, 1.54) is 105 Å². The quantitative estimate of drug-likeness (QED) is 0.223. The average molecular weight is 651 g/mol. The van der Waals surface area contributed by atoms with Gasteiger partial charge in [-0.25, -0.2) is 0 Å². The van der Waals surface area contributed by atoms with E-state index >= 15 is 0 Å². The predicted molar refractivity (Wildman–Crippen MR) is 216 cm³/mol. The van der Waals surface area contributed by atoms with E-state index in [4.69, 9.17) is 0 Å². The van der Waals surface area contributed by atoms with Crippen LogP contribution in [-0.4, -0.2) is 0 Å². The van der Waals surface area contributed by atoms with Gasteiger partial charge in [0.05, 0.1) is 0 Å². The fourth-order valence-electron chi connectivity index (χ4n) is 9.02. The first-order chi connectivity index (χ1) is 23.2. The van der Waals surface area contributed by atoms with Crippen LogP contribution in [0.15, 0.2) is 78.9 Å². The van der Waals surface area contributed by atoms with Crippen molar-refractivity contribution in [3.63, 3.8) is 0 Å². The summed E-state index contributed by atoms with van der Waals surface area (Å²) in [7, 11) is 0. The van der Waals surface area contributed by atoms with Crippen molar-refractivity contribution >= 4 is 17.2 Å². The minimum Gasteiger partial charge on any atom is -0.0999 e. The van der Waals surface area contributed by atoms with Crippen LogP contribution in [0, 0.1) is 42.9 Å². The summed E-state index contributed by atoms with van der Waals surface area (Å²) in [5.41, 5.74) is 20.5. The van der Waals surface area contributed by atoms with Crippen LogP contribution in [0.5, 0.6) is 0 Å². The highest BCUT2D eigenvalue weighted by Crippen LogP contribution is 2.51. The Morgan fingerprint density at radius 3 is 2.06 bits per heavy atom. The van der Waals surface area contributed by atoms with E-state index < -0.39 is 0 Å². The molecule has 0 aromatic heterocycles. The number of hydrogen-bond donors (Lipinski definition) is 0. The second-order valence-electron chi connectivity index (χ2n) is 18.1. The molecule has 0 bridgehead atoms. The molecule has 4 aliphatic carbocycles. The highest BCUT2D eigenvalue weighted by molar-refractivity contribution is 5.94. The zero-order chi connectivity index (χ0) is 35.2. The lowest BCUT2D eigenvalue weighted by Gasteiger charge is -2.44. The van der Waals surface area contributed by atoms with Crippen molar-refractivity contribution in [3.8, 4) is 11.1 Å². The van der Waals surface area contributed by atoms with E-state index in [-0.39, 0.29) is 0 Å². The fraction of sp³-hybridized carbons (Fsp3) is 0.469. The van der Waals surface area contributed by atoms with E-state index in [0.717, 1.165) is 36.5 Å². The van der Waals surface area contributed by atoms with E-state index in [1.54, 1.807) is 11.1 Å². The highest BCUT2D eigenvalue weighted by atomic mass is 14.4. The molecule has 3 aromatic carbocycles. The van der Waals surface area contributed by atoms with Crippen LogP contribution in [0.2, 0.25) is 0 Å². The van der Waals surface area contributed by atoms with E-state index in [1.807, 2.05) is 0 Å². The third-order valence-electron chi connectivity index (χ3n) is 11.7. The molecule has 0 heteroatoms. The maximum absolute atomic E-state index is 4.29. The largest absolute Gasteiger partial charge is 0.0999 e. The molecule has 0 amide bonds. The normalized spacial score (nSPS) is 24.1. The topological polar surface area (TPSA) is 0 Å². The van der Waals surface area contributed by atoms with Gasteiger partial charge in [0.2, 0.25) is 0 Å². The van der Waals surface area contributed by atoms with Gasteiger partial charge < -0.3 is 0 Å². The Hall–Kier alpha value is -3.38. The predicted octanol–water partition coefficient (Wildman–Crippen LogP) is 14.1. The first-order valence-electron chi connectivity index (χ1n) is 19.3. The molecule has 3 aromatic rings. The minimum atomic E-state index is 0.500. The first kappa shape index (κ1) is 35.4. The third kappa shape index (κ3) is 7.85. The molecule has 0 nitrogen and oxygen atoms in total. The van der Waals surface area contributed by atoms with Gasteiger partial charge in [-0.2, -0.15) is 0 Å². The van der Waals surface area contributed by atoms with Crippen molar-refractivity contribution in [2.75, 3.05) is 0 Å². The van der Waals surface area contributed by atoms with Crippen molar-refractivity contribution in [2.24, 2.45) is 29.1 Å². The molecule has 1 atom stereocenters. The average Bonchev–Trinajstić information content (AvgIpc) is 3.57. The molecular formula is C49H62. The smallest absolute Gasteiger partial charge is 0.000174 e. The summed E-state index contributed by atoms with van der Waals surface area (Å²) in [6.45, 7) is 28.5. The lowest BCUT2D eigenvalue weighted by molar-refractivity contribution is 0.110. The molecule has 2 saturated carbocycles. The van der Waals surface area contributed by atoms with Gasteiger partial charge in [-0.05, 0) is 175 Å². The Labute approximate surface area is 299 Å². The zero-order valence-corrected chi connectivity index (χ0v) is 32.2. The van der Waals surface area contributed by atoms with Gasteiger partial charge in [-0.1, -0.05) is 119 Å². The van der Waals surface area contributed by atoms with Crippen molar-refractivity contribution in [3.05, 3.63) is 123 Å². The van der Waals surface area contributed by atoms with Crippen LogP contribution >= 0.6 is 0 Å². The van der Waals surface area contributed by atoms with Gasteiger partial charge in [0.1, 0.15) is 0 Å². The van der Waals surface area contributed by atoms with Crippen LogP contribution in [0.1, 0.15) is 137 Å². The van der Waals surface area contributed by atoms with E-state index in [9.17, 15) is 0 Å². The van der Waals surface area contributed by atoms with E-state index in [2.05, 4.69) is 136 Å². The number of allylic oxidation sites excluding steroid dienone is 5. The second kappa shape index (κ2) is 14.1. The fourth-order valence-corrected chi connectivity index (χ4v) is 9.02. The first-order valence-corrected chi connectivity index (χ1v) is 19.3. The summed E-state index contributed by atoms with van der Waals surface area (Å²) >= 11 is 0. The maximum Gasteiger partial charge on any atom is 0.000174 e. The van der Waals surface area contributed by atoms with Crippen molar-refractivity contribution in [1.82, 2.24) is 0 Å². The molecule has 0 aliphatic heterocycles. The molecule has 0 radical (unpaired) electrons. The maximum atomic E-state index is 4.29. The van der Waals surface area contributed by atoms with Gasteiger partial charge in [-0.3, -0.25) is 0 Å². The van der Waals surface area contributed by atoms with Crippen LogP contribution in [0.25, 0.3) is 28.3 Å². The van der Waals surface area contributed by atoms with Gasteiger partial charge >= 0.3 is 0 Å². The van der Waals surface area contributed by atoms with Gasteiger partial charge in [-0.15, -0.1) is 0 Å². The van der Waals surface area contributed by atoms with Crippen molar-refractivity contribution in [2.45, 2.75) is 120 Å². The number of rotatable bonds is 7. The van der Waals surface area contributed by atoms with Crippen LogP contribution in [0.3, 0.4) is 0 Å². The lowest BCUT2D eigenvalue weighted by Crippen LogP contribution is -2.33. The molecule has 0 N–H and O–H groups in total. The summed E-state index contributed by atoms with van der Waals surface area (Å²) < 4.78 is 0. The van der Waals surface area contributed by atoms with Crippen LogP contribution < -0.4 is 0 Å². The summed E-state index contributed by atoms with van der Waals surface area (Å²) in [5.74, 6) is 3.93. The van der Waals surface area contributed by atoms with Gasteiger partial charge in [0.15, 0.2) is 0 Å². The van der Waals surface area contributed by atoms with Crippen LogP contribution in [0.4, 0.5) is 0 Å². The monoisotopic (exact) mass is 650 g/mol. The Morgan fingerprint density at radius 1 is 0.816 bits per heavy atom. The Bertz CT molecular complexity index is 1780. The molecule has 4 aliphatic rings.